The van der Waals surface area contributed by atoms with Crippen LogP contribution in [0.4, 0.5) is 13.2 Å². The Morgan fingerprint density at radius 3 is 2.68 bits per heavy atom. The fourth-order valence-corrected chi connectivity index (χ4v) is 2.06. The van der Waals surface area contributed by atoms with Crippen LogP contribution >= 0.6 is 15.9 Å². The number of halogens is 4. The summed E-state index contributed by atoms with van der Waals surface area (Å²) in [4.78, 5) is 0. The Morgan fingerprint density at radius 1 is 1.32 bits per heavy atom. The molecule has 0 radical (unpaired) electrons. The third-order valence-electron chi connectivity index (χ3n) is 2.52. The monoisotopic (exact) mass is 333 g/mol. The van der Waals surface area contributed by atoms with Crippen molar-refractivity contribution in [2.45, 2.75) is 12.7 Å². The van der Waals surface area contributed by atoms with Crippen molar-refractivity contribution in [1.29, 1.82) is 0 Å². The summed E-state index contributed by atoms with van der Waals surface area (Å²) in [5.41, 5.74) is 0.417. The molecule has 0 fully saturated rings. The fourth-order valence-electron chi connectivity index (χ4n) is 1.64. The summed E-state index contributed by atoms with van der Waals surface area (Å²) in [6, 6.07) is 5.23. The maximum absolute atomic E-state index is 12.7. The Bertz CT molecular complexity index is 578. The van der Waals surface area contributed by atoms with Crippen molar-refractivity contribution in [3.05, 3.63) is 46.2 Å². The minimum atomic E-state index is -4.36. The van der Waals surface area contributed by atoms with Gasteiger partial charge in [-0.3, -0.25) is 0 Å². The number of alkyl halides is 3. The van der Waals surface area contributed by atoms with Crippen LogP contribution in [0.3, 0.4) is 0 Å². The third kappa shape index (κ3) is 3.16. The summed E-state index contributed by atoms with van der Waals surface area (Å²) >= 11 is 3.24. The number of benzene rings is 1. The first kappa shape index (κ1) is 14.1. The molecule has 1 N–H and O–H groups in total. The topological polar surface area (TPSA) is 29.9 Å². The van der Waals surface area contributed by atoms with Gasteiger partial charge in [0.1, 0.15) is 0 Å². The van der Waals surface area contributed by atoms with Crippen LogP contribution in [0.1, 0.15) is 11.3 Å². The average Bonchev–Trinajstić information content (AvgIpc) is 2.77. The molecule has 3 nitrogen and oxygen atoms in total. The summed E-state index contributed by atoms with van der Waals surface area (Å²) in [6.45, 7) is 0.559. The molecule has 102 valence electrons. The smallest absolute Gasteiger partial charge is 0.314 e. The molecule has 0 amide bonds. The highest BCUT2D eigenvalue weighted by atomic mass is 79.9. The van der Waals surface area contributed by atoms with Gasteiger partial charge >= 0.3 is 6.18 Å². The largest absolute Gasteiger partial charge is 0.416 e. The highest BCUT2D eigenvalue weighted by molar-refractivity contribution is 9.10. The molecule has 0 saturated heterocycles. The van der Waals surface area contributed by atoms with Crippen LogP contribution in [0.25, 0.3) is 5.69 Å². The molecule has 1 heterocycles. The number of hydrogen-bond donors (Lipinski definition) is 1. The highest BCUT2D eigenvalue weighted by Crippen LogP contribution is 2.33. The first-order chi connectivity index (χ1) is 8.91. The van der Waals surface area contributed by atoms with Gasteiger partial charge in [-0.2, -0.15) is 18.3 Å². The molecule has 0 atom stereocenters. The van der Waals surface area contributed by atoms with E-state index >= 15 is 0 Å². The Morgan fingerprint density at radius 2 is 2.05 bits per heavy atom. The zero-order valence-corrected chi connectivity index (χ0v) is 11.6. The van der Waals surface area contributed by atoms with E-state index in [1.807, 2.05) is 0 Å². The number of aromatic nitrogens is 2. The molecule has 0 spiro atoms. The normalized spacial score (nSPS) is 11.8. The predicted octanol–water partition coefficient (Wildman–Crippen LogP) is 3.37. The molecule has 0 aliphatic heterocycles. The lowest BCUT2D eigenvalue weighted by atomic mass is 10.2. The number of nitrogens with one attached hydrogen (secondary N) is 1. The van der Waals surface area contributed by atoms with E-state index < -0.39 is 11.7 Å². The number of nitrogens with zero attached hydrogens (tertiary/aromatic N) is 2. The van der Waals surface area contributed by atoms with Gasteiger partial charge in [0.2, 0.25) is 0 Å². The van der Waals surface area contributed by atoms with E-state index in [9.17, 15) is 13.2 Å². The summed E-state index contributed by atoms with van der Waals surface area (Å²) in [5, 5.41) is 7.14. The van der Waals surface area contributed by atoms with Gasteiger partial charge < -0.3 is 5.32 Å². The quantitative estimate of drug-likeness (QED) is 0.933. The molecule has 19 heavy (non-hydrogen) atoms. The Kier molecular flexibility index (Phi) is 3.96. The molecule has 7 heteroatoms. The Labute approximate surface area is 116 Å². The third-order valence-corrected chi connectivity index (χ3v) is 3.19. The van der Waals surface area contributed by atoms with Crippen molar-refractivity contribution in [2.24, 2.45) is 0 Å². The van der Waals surface area contributed by atoms with Crippen molar-refractivity contribution >= 4 is 15.9 Å². The second kappa shape index (κ2) is 5.34. The van der Waals surface area contributed by atoms with Crippen LogP contribution in [0.15, 0.2) is 34.9 Å². The van der Waals surface area contributed by atoms with Crippen molar-refractivity contribution in [3.8, 4) is 5.69 Å². The molecular formula is C12H11BrF3N3. The standard InChI is InChI=1S/C12H11BrF3N3/c1-17-7-9-4-5-19(18-9)11-6-8(12(14,15)16)2-3-10(11)13/h2-6,17H,7H2,1H3. The SMILES string of the molecule is CNCc1ccn(-c2cc(C(F)(F)F)ccc2Br)n1. The molecule has 2 rings (SSSR count). The lowest BCUT2D eigenvalue weighted by Gasteiger charge is -2.10. The van der Waals surface area contributed by atoms with Crippen LogP contribution in [0, 0.1) is 0 Å². The van der Waals surface area contributed by atoms with E-state index in [0.717, 1.165) is 17.8 Å². The van der Waals surface area contributed by atoms with Gasteiger partial charge in [-0.05, 0) is 47.2 Å². The molecule has 0 saturated carbocycles. The molecular weight excluding hydrogens is 323 g/mol. The predicted molar refractivity (Wildman–Crippen MR) is 69.0 cm³/mol. The van der Waals surface area contributed by atoms with Gasteiger partial charge in [0, 0.05) is 17.2 Å². The number of rotatable bonds is 3. The molecule has 0 unspecified atom stereocenters. The zero-order chi connectivity index (χ0) is 14.0. The van der Waals surface area contributed by atoms with Crippen LogP contribution in [-0.4, -0.2) is 16.8 Å². The number of hydrogen-bond acceptors (Lipinski definition) is 2. The molecule has 2 aromatic rings. The van der Waals surface area contributed by atoms with Gasteiger partial charge in [-0.15, -0.1) is 0 Å². The first-order valence-electron chi connectivity index (χ1n) is 5.48. The lowest BCUT2D eigenvalue weighted by molar-refractivity contribution is -0.137. The van der Waals surface area contributed by atoms with Gasteiger partial charge in [0.25, 0.3) is 0 Å². The van der Waals surface area contributed by atoms with Crippen molar-refractivity contribution in [1.82, 2.24) is 15.1 Å². The first-order valence-corrected chi connectivity index (χ1v) is 6.27. The van der Waals surface area contributed by atoms with Crippen LogP contribution in [0.2, 0.25) is 0 Å². The average molecular weight is 334 g/mol. The molecule has 1 aromatic heterocycles. The molecule has 0 aliphatic carbocycles. The van der Waals surface area contributed by atoms with E-state index in [2.05, 4.69) is 26.3 Å². The van der Waals surface area contributed by atoms with E-state index in [4.69, 9.17) is 0 Å². The summed E-state index contributed by atoms with van der Waals surface area (Å²) in [6.07, 6.45) is -2.73. The van der Waals surface area contributed by atoms with Gasteiger partial charge in [0.05, 0.1) is 16.9 Å². The van der Waals surface area contributed by atoms with Crippen molar-refractivity contribution in [3.63, 3.8) is 0 Å². The van der Waals surface area contributed by atoms with Crippen LogP contribution in [-0.2, 0) is 12.7 Å². The zero-order valence-electron chi connectivity index (χ0n) is 10.0. The minimum Gasteiger partial charge on any atom is -0.314 e. The van der Waals surface area contributed by atoms with E-state index in [1.54, 1.807) is 19.3 Å². The minimum absolute atomic E-state index is 0.358. The van der Waals surface area contributed by atoms with Gasteiger partial charge in [-0.25, -0.2) is 4.68 Å². The molecule has 0 aliphatic rings. The Balaban J connectivity index is 2.42. The van der Waals surface area contributed by atoms with Gasteiger partial charge in [-0.1, -0.05) is 0 Å². The van der Waals surface area contributed by atoms with E-state index in [0.29, 0.717) is 16.7 Å². The second-order valence-corrected chi connectivity index (χ2v) is 4.80. The van der Waals surface area contributed by atoms with E-state index in [-0.39, 0.29) is 0 Å². The van der Waals surface area contributed by atoms with E-state index in [1.165, 1.54) is 10.7 Å². The molecule has 1 aromatic carbocycles. The van der Waals surface area contributed by atoms with Crippen LogP contribution in [0.5, 0.6) is 0 Å². The van der Waals surface area contributed by atoms with Crippen molar-refractivity contribution in [2.75, 3.05) is 7.05 Å². The second-order valence-electron chi connectivity index (χ2n) is 3.95. The fraction of sp³-hybridized carbons (Fsp3) is 0.250. The van der Waals surface area contributed by atoms with Gasteiger partial charge in [0.15, 0.2) is 0 Å². The Hall–Kier alpha value is -1.34. The maximum atomic E-state index is 12.7. The molecule has 0 bridgehead atoms. The van der Waals surface area contributed by atoms with Crippen LogP contribution < -0.4 is 5.32 Å². The maximum Gasteiger partial charge on any atom is 0.416 e. The van der Waals surface area contributed by atoms with Crippen molar-refractivity contribution < 1.29 is 13.2 Å². The summed E-state index contributed by atoms with van der Waals surface area (Å²) < 4.78 is 40.0. The lowest BCUT2D eigenvalue weighted by Crippen LogP contribution is -2.08. The highest BCUT2D eigenvalue weighted by Gasteiger charge is 2.31. The summed E-state index contributed by atoms with van der Waals surface area (Å²) in [5.74, 6) is 0. The summed E-state index contributed by atoms with van der Waals surface area (Å²) in [7, 11) is 1.78.